The number of rotatable bonds is 4. The Morgan fingerprint density at radius 2 is 2.06 bits per heavy atom. The van der Waals surface area contributed by atoms with Crippen LogP contribution < -0.4 is 5.73 Å². The van der Waals surface area contributed by atoms with E-state index < -0.39 is 5.54 Å². The van der Waals surface area contributed by atoms with Crippen molar-refractivity contribution >= 4 is 0 Å². The van der Waals surface area contributed by atoms with Crippen LogP contribution in [0.15, 0.2) is 29.0 Å². The van der Waals surface area contributed by atoms with E-state index >= 15 is 0 Å². The molecule has 0 saturated heterocycles. The summed E-state index contributed by atoms with van der Waals surface area (Å²) in [5.74, 6) is 1.03. The number of aromatic nitrogens is 3. The summed E-state index contributed by atoms with van der Waals surface area (Å²) in [5, 5.41) is 3.94. The van der Waals surface area contributed by atoms with Gasteiger partial charge in [-0.1, -0.05) is 18.5 Å². The van der Waals surface area contributed by atoms with Crippen LogP contribution in [-0.2, 0) is 5.54 Å². The molecule has 90 valence electrons. The normalized spacial score (nSPS) is 14.5. The maximum atomic E-state index is 6.13. The Labute approximate surface area is 100 Å². The van der Waals surface area contributed by atoms with Crippen molar-refractivity contribution in [1.82, 2.24) is 15.1 Å². The molecule has 2 rings (SSSR count). The molecular formula is C12H16N4O. The van der Waals surface area contributed by atoms with E-state index in [1.54, 1.807) is 12.4 Å². The second kappa shape index (κ2) is 4.63. The lowest BCUT2D eigenvalue weighted by molar-refractivity contribution is 0.284. The zero-order valence-electron chi connectivity index (χ0n) is 10.1. The average Bonchev–Trinajstić information content (AvgIpc) is 2.80. The summed E-state index contributed by atoms with van der Waals surface area (Å²) in [4.78, 5) is 8.29. The molecule has 5 heteroatoms. The Bertz CT molecular complexity index is 478. The molecular weight excluding hydrogens is 216 g/mol. The summed E-state index contributed by atoms with van der Waals surface area (Å²) in [6, 6.07) is 3.67. The molecule has 2 N–H and O–H groups in total. The molecule has 0 aromatic carbocycles. The monoisotopic (exact) mass is 232 g/mol. The fourth-order valence-corrected chi connectivity index (χ4v) is 1.70. The zero-order chi connectivity index (χ0) is 12.3. The maximum absolute atomic E-state index is 6.13. The highest BCUT2D eigenvalue weighted by atomic mass is 16.5. The lowest BCUT2D eigenvalue weighted by Gasteiger charge is -2.18. The zero-order valence-corrected chi connectivity index (χ0v) is 10.1. The van der Waals surface area contributed by atoms with Gasteiger partial charge in [-0.25, -0.2) is 0 Å². The van der Waals surface area contributed by atoms with E-state index in [0.29, 0.717) is 11.7 Å². The number of hydrogen-bond donors (Lipinski definition) is 1. The average molecular weight is 232 g/mol. The first-order chi connectivity index (χ1) is 8.13. The third kappa shape index (κ3) is 2.50. The maximum Gasteiger partial charge on any atom is 0.246 e. The Hall–Kier alpha value is -1.75. The molecule has 0 aliphatic carbocycles. The molecule has 0 saturated carbocycles. The molecule has 0 fully saturated rings. The van der Waals surface area contributed by atoms with Gasteiger partial charge in [-0.15, -0.1) is 0 Å². The van der Waals surface area contributed by atoms with Crippen LogP contribution in [0, 0.1) is 0 Å². The molecule has 1 atom stereocenters. The molecule has 2 heterocycles. The van der Waals surface area contributed by atoms with Crippen LogP contribution in [0.25, 0.3) is 11.4 Å². The predicted octanol–water partition coefficient (Wildman–Crippen LogP) is 2.11. The van der Waals surface area contributed by atoms with Crippen LogP contribution in [0.1, 0.15) is 32.6 Å². The van der Waals surface area contributed by atoms with Crippen molar-refractivity contribution in [2.24, 2.45) is 5.73 Å². The van der Waals surface area contributed by atoms with Gasteiger partial charge in [-0.05, 0) is 25.5 Å². The summed E-state index contributed by atoms with van der Waals surface area (Å²) >= 11 is 0. The topological polar surface area (TPSA) is 77.8 Å². The third-order valence-corrected chi connectivity index (χ3v) is 2.62. The van der Waals surface area contributed by atoms with Crippen LogP contribution in [0.2, 0.25) is 0 Å². The van der Waals surface area contributed by atoms with Crippen molar-refractivity contribution in [2.45, 2.75) is 32.2 Å². The minimum absolute atomic E-state index is 0.478. The van der Waals surface area contributed by atoms with Gasteiger partial charge in [-0.2, -0.15) is 4.98 Å². The molecule has 2 aromatic heterocycles. The molecule has 2 aromatic rings. The van der Waals surface area contributed by atoms with Gasteiger partial charge in [0.25, 0.3) is 0 Å². The Balaban J connectivity index is 2.28. The van der Waals surface area contributed by atoms with Gasteiger partial charge in [0.15, 0.2) is 0 Å². The van der Waals surface area contributed by atoms with Gasteiger partial charge in [-0.3, -0.25) is 4.98 Å². The largest absolute Gasteiger partial charge is 0.337 e. The number of nitrogens with zero attached hydrogens (tertiary/aromatic N) is 3. The molecule has 5 nitrogen and oxygen atoms in total. The van der Waals surface area contributed by atoms with Crippen LogP contribution in [0.3, 0.4) is 0 Å². The quantitative estimate of drug-likeness (QED) is 0.873. The van der Waals surface area contributed by atoms with Gasteiger partial charge in [0, 0.05) is 18.0 Å². The lowest BCUT2D eigenvalue weighted by atomic mass is 9.98. The summed E-state index contributed by atoms with van der Waals surface area (Å²) in [7, 11) is 0. The molecule has 0 bridgehead atoms. The van der Waals surface area contributed by atoms with Crippen LogP contribution in [0.5, 0.6) is 0 Å². The first-order valence-electron chi connectivity index (χ1n) is 5.67. The van der Waals surface area contributed by atoms with Crippen molar-refractivity contribution in [1.29, 1.82) is 0 Å². The van der Waals surface area contributed by atoms with Gasteiger partial charge in [0.2, 0.25) is 11.7 Å². The standard InChI is InChI=1S/C12H16N4O/c1-3-6-12(2,13)11-15-10(16-17-11)9-4-7-14-8-5-9/h4-5,7-8H,3,6,13H2,1-2H3. The smallest absolute Gasteiger partial charge is 0.246 e. The first-order valence-corrected chi connectivity index (χ1v) is 5.67. The number of nitrogens with two attached hydrogens (primary N) is 1. The van der Waals surface area contributed by atoms with E-state index in [1.165, 1.54) is 0 Å². The Morgan fingerprint density at radius 3 is 2.71 bits per heavy atom. The highest BCUT2D eigenvalue weighted by Gasteiger charge is 2.27. The summed E-state index contributed by atoms with van der Waals surface area (Å²) in [5.41, 5.74) is 6.45. The van der Waals surface area contributed by atoms with Crippen LogP contribution >= 0.6 is 0 Å². The van der Waals surface area contributed by atoms with Gasteiger partial charge in [0.1, 0.15) is 0 Å². The highest BCUT2D eigenvalue weighted by Crippen LogP contribution is 2.24. The number of hydrogen-bond acceptors (Lipinski definition) is 5. The second-order valence-corrected chi connectivity index (χ2v) is 4.33. The van der Waals surface area contributed by atoms with Crippen molar-refractivity contribution < 1.29 is 4.52 Å². The van der Waals surface area contributed by atoms with Crippen molar-refractivity contribution in [2.75, 3.05) is 0 Å². The summed E-state index contributed by atoms with van der Waals surface area (Å²) in [6.45, 7) is 3.98. The highest BCUT2D eigenvalue weighted by molar-refractivity contribution is 5.52. The minimum atomic E-state index is -0.562. The molecule has 0 aliphatic rings. The lowest BCUT2D eigenvalue weighted by Crippen LogP contribution is -2.33. The first kappa shape index (κ1) is 11.7. The van der Waals surface area contributed by atoms with Crippen molar-refractivity contribution in [3.8, 4) is 11.4 Å². The van der Waals surface area contributed by atoms with Gasteiger partial charge < -0.3 is 10.3 Å². The van der Waals surface area contributed by atoms with E-state index in [9.17, 15) is 0 Å². The molecule has 17 heavy (non-hydrogen) atoms. The van der Waals surface area contributed by atoms with Gasteiger partial charge >= 0.3 is 0 Å². The molecule has 0 spiro atoms. The Morgan fingerprint density at radius 1 is 1.35 bits per heavy atom. The van der Waals surface area contributed by atoms with E-state index in [4.69, 9.17) is 10.3 Å². The molecule has 0 amide bonds. The molecule has 1 unspecified atom stereocenters. The van der Waals surface area contributed by atoms with E-state index in [2.05, 4.69) is 22.0 Å². The predicted molar refractivity (Wildman–Crippen MR) is 64.0 cm³/mol. The summed E-state index contributed by atoms with van der Waals surface area (Å²) in [6.07, 6.45) is 5.17. The van der Waals surface area contributed by atoms with E-state index in [0.717, 1.165) is 18.4 Å². The summed E-state index contributed by atoms with van der Waals surface area (Å²) < 4.78 is 5.23. The second-order valence-electron chi connectivity index (χ2n) is 4.33. The Kier molecular flexibility index (Phi) is 3.19. The van der Waals surface area contributed by atoms with E-state index in [-0.39, 0.29) is 0 Å². The van der Waals surface area contributed by atoms with Crippen LogP contribution in [-0.4, -0.2) is 15.1 Å². The van der Waals surface area contributed by atoms with Gasteiger partial charge in [0.05, 0.1) is 5.54 Å². The van der Waals surface area contributed by atoms with Crippen LogP contribution in [0.4, 0.5) is 0 Å². The van der Waals surface area contributed by atoms with Crippen molar-refractivity contribution in [3.05, 3.63) is 30.4 Å². The van der Waals surface area contributed by atoms with E-state index in [1.807, 2.05) is 19.1 Å². The SMILES string of the molecule is CCCC(C)(N)c1nc(-c2ccncc2)no1. The third-order valence-electron chi connectivity index (χ3n) is 2.62. The fraction of sp³-hybridized carbons (Fsp3) is 0.417. The molecule has 0 aliphatic heterocycles. The minimum Gasteiger partial charge on any atom is -0.337 e. The molecule has 0 radical (unpaired) electrons. The number of pyridine rings is 1. The van der Waals surface area contributed by atoms with Crippen molar-refractivity contribution in [3.63, 3.8) is 0 Å². The fourth-order valence-electron chi connectivity index (χ4n) is 1.70.